The van der Waals surface area contributed by atoms with E-state index in [0.717, 1.165) is 22.6 Å². The molecule has 3 nitrogen and oxygen atoms in total. The Kier molecular flexibility index (Phi) is 4.84. The Morgan fingerprint density at radius 3 is 2.57 bits per heavy atom. The van der Waals surface area contributed by atoms with Crippen LogP contribution < -0.4 is 9.64 Å². The van der Waals surface area contributed by atoms with Crippen LogP contribution in [0.2, 0.25) is 0 Å². The number of methoxy groups -OCH3 is 1. The van der Waals surface area contributed by atoms with Crippen LogP contribution in [0.4, 0.5) is 5.69 Å². The van der Waals surface area contributed by atoms with Gasteiger partial charge >= 0.3 is 0 Å². The summed E-state index contributed by atoms with van der Waals surface area (Å²) in [5, 5.41) is 9.48. The second-order valence-electron chi connectivity index (χ2n) is 5.23. The molecule has 0 N–H and O–H groups in total. The zero-order valence-corrected chi connectivity index (χ0v) is 12.7. The van der Waals surface area contributed by atoms with Gasteiger partial charge in [0.15, 0.2) is 0 Å². The highest BCUT2D eigenvalue weighted by Crippen LogP contribution is 2.25. The molecule has 0 aromatic heterocycles. The maximum atomic E-state index is 9.48. The van der Waals surface area contributed by atoms with E-state index < -0.39 is 0 Å². The highest BCUT2D eigenvalue weighted by atomic mass is 16.5. The van der Waals surface area contributed by atoms with E-state index in [1.807, 2.05) is 44.4 Å². The first-order valence-corrected chi connectivity index (χ1v) is 6.94. The standard InChI is InChI=1S/C18H20N2O/c1-20(2)17-8-4-6-14(11-17)10-16(13-19)15-7-5-9-18(12-15)21-3/h4-9,11-12,16H,10H2,1-3H3. The van der Waals surface area contributed by atoms with Crippen LogP contribution in [0.25, 0.3) is 0 Å². The summed E-state index contributed by atoms with van der Waals surface area (Å²) in [6.07, 6.45) is 0.700. The number of ether oxygens (including phenoxy) is 1. The monoisotopic (exact) mass is 280 g/mol. The van der Waals surface area contributed by atoms with Crippen LogP contribution in [0, 0.1) is 11.3 Å². The minimum absolute atomic E-state index is 0.169. The summed E-state index contributed by atoms with van der Waals surface area (Å²) in [7, 11) is 5.67. The molecule has 0 spiro atoms. The summed E-state index contributed by atoms with van der Waals surface area (Å²) >= 11 is 0. The van der Waals surface area contributed by atoms with Crippen molar-refractivity contribution in [1.29, 1.82) is 5.26 Å². The second-order valence-corrected chi connectivity index (χ2v) is 5.23. The minimum atomic E-state index is -0.169. The lowest BCUT2D eigenvalue weighted by atomic mass is 9.93. The molecule has 0 saturated heterocycles. The van der Waals surface area contributed by atoms with Crippen LogP contribution in [-0.2, 0) is 6.42 Å². The van der Waals surface area contributed by atoms with Crippen LogP contribution in [0.1, 0.15) is 17.0 Å². The topological polar surface area (TPSA) is 36.3 Å². The number of hydrogen-bond donors (Lipinski definition) is 0. The molecule has 0 aliphatic heterocycles. The van der Waals surface area contributed by atoms with E-state index >= 15 is 0 Å². The molecule has 2 aromatic carbocycles. The van der Waals surface area contributed by atoms with Crippen molar-refractivity contribution < 1.29 is 4.74 Å². The smallest absolute Gasteiger partial charge is 0.119 e. The summed E-state index contributed by atoms with van der Waals surface area (Å²) in [6, 6.07) is 18.4. The minimum Gasteiger partial charge on any atom is -0.497 e. The summed E-state index contributed by atoms with van der Waals surface area (Å²) in [5.41, 5.74) is 3.30. The van der Waals surface area contributed by atoms with Crippen LogP contribution >= 0.6 is 0 Å². The quantitative estimate of drug-likeness (QED) is 0.839. The summed E-state index contributed by atoms with van der Waals surface area (Å²) < 4.78 is 5.23. The van der Waals surface area contributed by atoms with Crippen molar-refractivity contribution in [2.75, 3.05) is 26.1 Å². The Labute approximate surface area is 126 Å². The van der Waals surface area contributed by atoms with E-state index in [9.17, 15) is 5.26 Å². The molecule has 2 rings (SSSR count). The van der Waals surface area contributed by atoms with Gasteiger partial charge in [0.05, 0.1) is 19.1 Å². The third kappa shape index (κ3) is 3.76. The zero-order chi connectivity index (χ0) is 15.2. The molecule has 0 heterocycles. The SMILES string of the molecule is COc1cccc(C(C#N)Cc2cccc(N(C)C)c2)c1. The molecule has 3 heteroatoms. The predicted molar refractivity (Wildman–Crippen MR) is 85.8 cm³/mol. The van der Waals surface area contributed by atoms with Gasteiger partial charge in [-0.1, -0.05) is 24.3 Å². The van der Waals surface area contributed by atoms with Gasteiger partial charge in [-0.25, -0.2) is 0 Å². The van der Waals surface area contributed by atoms with Gasteiger partial charge in [-0.3, -0.25) is 0 Å². The van der Waals surface area contributed by atoms with E-state index in [-0.39, 0.29) is 5.92 Å². The van der Waals surface area contributed by atoms with E-state index in [0.29, 0.717) is 6.42 Å². The molecule has 21 heavy (non-hydrogen) atoms. The Morgan fingerprint density at radius 2 is 1.90 bits per heavy atom. The lowest BCUT2D eigenvalue weighted by Gasteiger charge is -2.15. The fourth-order valence-electron chi connectivity index (χ4n) is 2.29. The first kappa shape index (κ1) is 14.9. The molecule has 0 saturated carbocycles. The van der Waals surface area contributed by atoms with Crippen LogP contribution in [0.15, 0.2) is 48.5 Å². The molecule has 0 bridgehead atoms. The van der Waals surface area contributed by atoms with Crippen LogP contribution in [0.5, 0.6) is 5.75 Å². The number of hydrogen-bond acceptors (Lipinski definition) is 3. The van der Waals surface area contributed by atoms with Crippen molar-refractivity contribution in [2.24, 2.45) is 0 Å². The molecule has 2 aromatic rings. The fourth-order valence-corrected chi connectivity index (χ4v) is 2.29. The number of anilines is 1. The van der Waals surface area contributed by atoms with E-state index in [2.05, 4.69) is 29.2 Å². The van der Waals surface area contributed by atoms with Gasteiger partial charge in [0.1, 0.15) is 5.75 Å². The number of nitriles is 1. The molecule has 108 valence electrons. The molecule has 0 amide bonds. The summed E-state index contributed by atoms with van der Waals surface area (Å²) in [4.78, 5) is 2.07. The first-order valence-electron chi connectivity index (χ1n) is 6.94. The highest BCUT2D eigenvalue weighted by molar-refractivity contribution is 5.48. The van der Waals surface area contributed by atoms with Crippen molar-refractivity contribution in [3.05, 3.63) is 59.7 Å². The molecule has 1 atom stereocenters. The maximum Gasteiger partial charge on any atom is 0.119 e. The molecule has 0 aliphatic rings. The van der Waals surface area contributed by atoms with E-state index in [1.54, 1.807) is 7.11 Å². The average Bonchev–Trinajstić information content (AvgIpc) is 2.53. The van der Waals surface area contributed by atoms with Gasteiger partial charge in [-0.15, -0.1) is 0 Å². The fraction of sp³-hybridized carbons (Fsp3) is 0.278. The molecular formula is C18H20N2O. The van der Waals surface area contributed by atoms with Gasteiger partial charge in [-0.2, -0.15) is 5.26 Å². The molecule has 1 unspecified atom stereocenters. The van der Waals surface area contributed by atoms with Crippen molar-refractivity contribution in [2.45, 2.75) is 12.3 Å². The van der Waals surface area contributed by atoms with Gasteiger partial charge in [0.25, 0.3) is 0 Å². The Bertz CT molecular complexity index is 644. The lowest BCUT2D eigenvalue weighted by Crippen LogP contribution is -2.09. The Morgan fingerprint density at radius 1 is 1.14 bits per heavy atom. The largest absolute Gasteiger partial charge is 0.497 e. The first-order chi connectivity index (χ1) is 10.1. The van der Waals surface area contributed by atoms with Crippen molar-refractivity contribution in [3.63, 3.8) is 0 Å². The van der Waals surface area contributed by atoms with E-state index in [4.69, 9.17) is 4.74 Å². The number of nitrogens with zero attached hydrogens (tertiary/aromatic N) is 2. The Balaban J connectivity index is 2.23. The number of benzene rings is 2. The molecular weight excluding hydrogens is 260 g/mol. The maximum absolute atomic E-state index is 9.48. The zero-order valence-electron chi connectivity index (χ0n) is 12.7. The average molecular weight is 280 g/mol. The molecule has 0 radical (unpaired) electrons. The summed E-state index contributed by atoms with van der Waals surface area (Å²) in [5.74, 6) is 0.618. The highest BCUT2D eigenvalue weighted by Gasteiger charge is 2.13. The van der Waals surface area contributed by atoms with Gasteiger partial charge in [0, 0.05) is 19.8 Å². The van der Waals surface area contributed by atoms with Gasteiger partial charge in [-0.05, 0) is 41.8 Å². The van der Waals surface area contributed by atoms with Crippen molar-refractivity contribution in [3.8, 4) is 11.8 Å². The van der Waals surface area contributed by atoms with Crippen LogP contribution in [0.3, 0.4) is 0 Å². The summed E-state index contributed by atoms with van der Waals surface area (Å²) in [6.45, 7) is 0. The lowest BCUT2D eigenvalue weighted by molar-refractivity contribution is 0.414. The predicted octanol–water partition coefficient (Wildman–Crippen LogP) is 3.61. The van der Waals surface area contributed by atoms with Gasteiger partial charge in [0.2, 0.25) is 0 Å². The second kappa shape index (κ2) is 6.81. The normalized spacial score (nSPS) is 11.5. The number of rotatable bonds is 5. The third-order valence-electron chi connectivity index (χ3n) is 3.52. The van der Waals surface area contributed by atoms with Crippen molar-refractivity contribution >= 4 is 5.69 Å². The Hall–Kier alpha value is -2.47. The van der Waals surface area contributed by atoms with Crippen molar-refractivity contribution in [1.82, 2.24) is 0 Å². The molecule has 0 aliphatic carbocycles. The van der Waals surface area contributed by atoms with E-state index in [1.165, 1.54) is 0 Å². The third-order valence-corrected chi connectivity index (χ3v) is 3.52. The molecule has 0 fully saturated rings. The van der Waals surface area contributed by atoms with Gasteiger partial charge < -0.3 is 9.64 Å². The van der Waals surface area contributed by atoms with Crippen LogP contribution in [-0.4, -0.2) is 21.2 Å².